The van der Waals surface area contributed by atoms with Gasteiger partial charge in [-0.1, -0.05) is 59.3 Å². The molecule has 1 atom stereocenters. The van der Waals surface area contributed by atoms with Crippen LogP contribution in [0.3, 0.4) is 0 Å². The van der Waals surface area contributed by atoms with Crippen molar-refractivity contribution in [2.45, 2.75) is 97.1 Å². The number of nitrogens with two attached hydrogens (primary N) is 1. The number of rotatable bonds is 11. The summed E-state index contributed by atoms with van der Waals surface area (Å²) in [5.41, 5.74) is 6.12. The first kappa shape index (κ1) is 18.0. The molecule has 2 nitrogen and oxygen atoms in total. The molecule has 0 radical (unpaired) electrons. The minimum absolute atomic E-state index is 0.633. The Kier molecular flexibility index (Phi) is 9.54. The first-order chi connectivity index (χ1) is 9.69. The molecule has 1 fully saturated rings. The molecule has 0 aromatic rings. The number of hydrogen-bond acceptors (Lipinski definition) is 2. The van der Waals surface area contributed by atoms with Crippen LogP contribution in [0.5, 0.6) is 0 Å². The molecular formula is C18H38N2. The Morgan fingerprint density at radius 2 is 1.75 bits per heavy atom. The predicted octanol–water partition coefficient (Wildman–Crippen LogP) is 4.57. The van der Waals surface area contributed by atoms with Crippen LogP contribution in [0.15, 0.2) is 0 Å². The van der Waals surface area contributed by atoms with Gasteiger partial charge in [-0.05, 0) is 38.1 Å². The maximum atomic E-state index is 6.12. The zero-order chi connectivity index (χ0) is 14.8. The highest BCUT2D eigenvalue weighted by atomic mass is 15.2. The topological polar surface area (TPSA) is 29.3 Å². The van der Waals surface area contributed by atoms with E-state index >= 15 is 0 Å². The lowest BCUT2D eigenvalue weighted by molar-refractivity contribution is 0.122. The van der Waals surface area contributed by atoms with E-state index in [1.807, 2.05) is 0 Å². The van der Waals surface area contributed by atoms with E-state index in [-0.39, 0.29) is 0 Å². The highest BCUT2D eigenvalue weighted by Gasteiger charge is 2.27. The summed E-state index contributed by atoms with van der Waals surface area (Å²) in [6, 6.07) is 1.46. The van der Waals surface area contributed by atoms with Crippen molar-refractivity contribution >= 4 is 0 Å². The molecule has 0 amide bonds. The maximum absolute atomic E-state index is 6.12. The number of nitrogens with zero attached hydrogens (tertiary/aromatic N) is 1. The van der Waals surface area contributed by atoms with Crippen molar-refractivity contribution in [2.75, 3.05) is 13.1 Å². The monoisotopic (exact) mass is 282 g/mol. The van der Waals surface area contributed by atoms with Gasteiger partial charge in [-0.15, -0.1) is 0 Å². The van der Waals surface area contributed by atoms with Gasteiger partial charge in [0.05, 0.1) is 0 Å². The first-order valence-electron chi connectivity index (χ1n) is 9.14. The van der Waals surface area contributed by atoms with Gasteiger partial charge in [0, 0.05) is 18.6 Å². The molecule has 1 rings (SSSR count). The molecule has 0 aliphatic heterocycles. The lowest BCUT2D eigenvalue weighted by atomic mass is 10.0. The lowest BCUT2D eigenvalue weighted by Crippen LogP contribution is -2.46. The summed E-state index contributed by atoms with van der Waals surface area (Å²) in [5.74, 6) is 0.803. The Morgan fingerprint density at radius 3 is 2.30 bits per heavy atom. The third kappa shape index (κ3) is 6.58. The van der Waals surface area contributed by atoms with E-state index in [9.17, 15) is 0 Å². The largest absolute Gasteiger partial charge is 0.329 e. The average molecular weight is 283 g/mol. The quantitative estimate of drug-likeness (QED) is 0.562. The van der Waals surface area contributed by atoms with Gasteiger partial charge < -0.3 is 5.73 Å². The summed E-state index contributed by atoms with van der Waals surface area (Å²) >= 11 is 0. The van der Waals surface area contributed by atoms with Gasteiger partial charge in [0.15, 0.2) is 0 Å². The fraction of sp³-hybridized carbons (Fsp3) is 1.00. The van der Waals surface area contributed by atoms with Crippen molar-refractivity contribution in [3.05, 3.63) is 0 Å². The van der Waals surface area contributed by atoms with Gasteiger partial charge in [0.1, 0.15) is 0 Å². The van der Waals surface area contributed by atoms with Gasteiger partial charge in [-0.3, -0.25) is 4.90 Å². The van der Waals surface area contributed by atoms with E-state index in [2.05, 4.69) is 25.7 Å². The van der Waals surface area contributed by atoms with E-state index in [1.54, 1.807) is 0 Å². The van der Waals surface area contributed by atoms with Crippen LogP contribution in [0.25, 0.3) is 0 Å². The average Bonchev–Trinajstić information content (AvgIpc) is 2.95. The molecule has 0 aromatic carbocycles. The second-order valence-electron chi connectivity index (χ2n) is 7.10. The first-order valence-corrected chi connectivity index (χ1v) is 9.14. The smallest absolute Gasteiger partial charge is 0.0221 e. The van der Waals surface area contributed by atoms with E-state index in [1.165, 1.54) is 70.8 Å². The van der Waals surface area contributed by atoms with Crippen molar-refractivity contribution in [2.24, 2.45) is 11.7 Å². The molecule has 1 aliphatic carbocycles. The summed E-state index contributed by atoms with van der Waals surface area (Å²) in [6.07, 6.45) is 13.8. The molecule has 2 N–H and O–H groups in total. The predicted molar refractivity (Wildman–Crippen MR) is 90.0 cm³/mol. The SMILES string of the molecule is CCCCCCC(CN)N(CCC(C)C)C1CCCC1. The Bertz CT molecular complexity index is 221. The Labute approximate surface area is 127 Å². The van der Waals surface area contributed by atoms with Gasteiger partial charge >= 0.3 is 0 Å². The molecule has 0 spiro atoms. The van der Waals surface area contributed by atoms with Crippen LogP contribution in [0, 0.1) is 5.92 Å². The molecule has 20 heavy (non-hydrogen) atoms. The summed E-state index contributed by atoms with van der Waals surface area (Å²) < 4.78 is 0. The Hall–Kier alpha value is -0.0800. The van der Waals surface area contributed by atoms with Gasteiger partial charge in [-0.25, -0.2) is 0 Å². The van der Waals surface area contributed by atoms with Crippen LogP contribution in [-0.4, -0.2) is 30.1 Å². The van der Waals surface area contributed by atoms with Crippen molar-refractivity contribution in [1.82, 2.24) is 4.90 Å². The van der Waals surface area contributed by atoms with Crippen LogP contribution in [-0.2, 0) is 0 Å². The summed E-state index contributed by atoms with van der Waals surface area (Å²) in [7, 11) is 0. The molecule has 0 saturated heterocycles. The molecule has 1 aliphatic rings. The molecule has 0 heterocycles. The minimum Gasteiger partial charge on any atom is -0.329 e. The summed E-state index contributed by atoms with van der Waals surface area (Å²) in [5, 5.41) is 0. The van der Waals surface area contributed by atoms with Crippen LogP contribution >= 0.6 is 0 Å². The lowest BCUT2D eigenvalue weighted by Gasteiger charge is -2.36. The normalized spacial score (nSPS) is 18.3. The van der Waals surface area contributed by atoms with Crippen molar-refractivity contribution in [1.29, 1.82) is 0 Å². The van der Waals surface area contributed by atoms with Crippen LogP contribution in [0.1, 0.15) is 85.0 Å². The van der Waals surface area contributed by atoms with Crippen LogP contribution < -0.4 is 5.73 Å². The van der Waals surface area contributed by atoms with Gasteiger partial charge in [-0.2, -0.15) is 0 Å². The number of hydrogen-bond donors (Lipinski definition) is 1. The summed E-state index contributed by atoms with van der Waals surface area (Å²) in [6.45, 7) is 9.07. The molecule has 0 bridgehead atoms. The zero-order valence-electron chi connectivity index (χ0n) is 14.2. The fourth-order valence-corrected chi connectivity index (χ4v) is 3.53. The molecule has 1 saturated carbocycles. The molecule has 2 heteroatoms. The molecule has 1 unspecified atom stereocenters. The second-order valence-corrected chi connectivity index (χ2v) is 7.10. The third-order valence-electron chi connectivity index (χ3n) is 4.89. The number of unbranched alkanes of at least 4 members (excludes halogenated alkanes) is 3. The van der Waals surface area contributed by atoms with Crippen LogP contribution in [0.4, 0.5) is 0 Å². The van der Waals surface area contributed by atoms with E-state index < -0.39 is 0 Å². The molecular weight excluding hydrogens is 244 g/mol. The fourth-order valence-electron chi connectivity index (χ4n) is 3.53. The second kappa shape index (κ2) is 10.6. The molecule has 0 aromatic heterocycles. The van der Waals surface area contributed by atoms with Crippen molar-refractivity contribution < 1.29 is 0 Å². The Balaban J connectivity index is 2.47. The highest BCUT2D eigenvalue weighted by molar-refractivity contribution is 4.83. The van der Waals surface area contributed by atoms with E-state index in [0.717, 1.165) is 18.5 Å². The van der Waals surface area contributed by atoms with Gasteiger partial charge in [0.2, 0.25) is 0 Å². The Morgan fingerprint density at radius 1 is 1.05 bits per heavy atom. The van der Waals surface area contributed by atoms with Crippen molar-refractivity contribution in [3.8, 4) is 0 Å². The van der Waals surface area contributed by atoms with Gasteiger partial charge in [0.25, 0.3) is 0 Å². The maximum Gasteiger partial charge on any atom is 0.0221 e. The summed E-state index contributed by atoms with van der Waals surface area (Å²) in [4.78, 5) is 2.79. The standard InChI is InChI=1S/C18H38N2/c1-4-5-6-7-12-18(15-19)20(14-13-16(2)3)17-10-8-9-11-17/h16-18H,4-15,19H2,1-3H3. The van der Waals surface area contributed by atoms with E-state index in [0.29, 0.717) is 6.04 Å². The molecule has 120 valence electrons. The van der Waals surface area contributed by atoms with E-state index in [4.69, 9.17) is 5.73 Å². The third-order valence-corrected chi connectivity index (χ3v) is 4.89. The van der Waals surface area contributed by atoms with Crippen molar-refractivity contribution in [3.63, 3.8) is 0 Å². The van der Waals surface area contributed by atoms with Crippen LogP contribution in [0.2, 0.25) is 0 Å². The highest BCUT2D eigenvalue weighted by Crippen LogP contribution is 2.27. The zero-order valence-corrected chi connectivity index (χ0v) is 14.2. The minimum atomic E-state index is 0.633.